The minimum absolute atomic E-state index is 0.0110. The summed E-state index contributed by atoms with van der Waals surface area (Å²) in [7, 11) is 0. The molecule has 0 fully saturated rings. The maximum Gasteiger partial charge on any atom is 0.296 e. The van der Waals surface area contributed by atoms with E-state index >= 15 is 0 Å². The molecule has 3 rings (SSSR count). The fourth-order valence-electron chi connectivity index (χ4n) is 2.40. The third-order valence-corrected chi connectivity index (χ3v) is 4.44. The van der Waals surface area contributed by atoms with Crippen LogP contribution in [0.5, 0.6) is 0 Å². The molecule has 0 aliphatic carbocycles. The van der Waals surface area contributed by atoms with Crippen molar-refractivity contribution in [2.75, 3.05) is 5.32 Å². The Balaban J connectivity index is 1.91. The van der Waals surface area contributed by atoms with Crippen LogP contribution in [0.25, 0.3) is 5.69 Å². The standard InChI is InChI=1S/C18H19Cl2N5O2/c1-5-14-22-16(23-25(14)15-10(19)7-6-8-11(15)20)17(26)21-13-9-12(27-24-13)18(2,3)4/h6-9H,5H2,1-4H3,(H,21,24,26). The Morgan fingerprint density at radius 3 is 2.48 bits per heavy atom. The molecule has 0 spiro atoms. The number of nitrogens with zero attached hydrogens (tertiary/aromatic N) is 4. The average molecular weight is 408 g/mol. The van der Waals surface area contributed by atoms with Crippen LogP contribution < -0.4 is 5.32 Å². The summed E-state index contributed by atoms with van der Waals surface area (Å²) in [6.07, 6.45) is 0.542. The molecule has 0 bridgehead atoms. The predicted octanol–water partition coefficient (Wildman–Crippen LogP) is 4.67. The second kappa shape index (κ2) is 7.32. The molecule has 1 aromatic carbocycles. The van der Waals surface area contributed by atoms with Crippen molar-refractivity contribution in [3.05, 3.63) is 51.7 Å². The lowest BCUT2D eigenvalue weighted by Crippen LogP contribution is -2.15. The van der Waals surface area contributed by atoms with Gasteiger partial charge in [0, 0.05) is 17.9 Å². The number of benzene rings is 1. The number of carbonyl (C=O) groups is 1. The molecule has 0 saturated heterocycles. The van der Waals surface area contributed by atoms with Gasteiger partial charge in [0.15, 0.2) is 5.82 Å². The lowest BCUT2D eigenvalue weighted by Gasteiger charge is -2.11. The predicted molar refractivity (Wildman–Crippen MR) is 104 cm³/mol. The first-order valence-corrected chi connectivity index (χ1v) is 9.15. The van der Waals surface area contributed by atoms with Gasteiger partial charge in [-0.15, -0.1) is 5.10 Å². The number of aromatic nitrogens is 4. The summed E-state index contributed by atoms with van der Waals surface area (Å²) in [5.41, 5.74) is 0.270. The molecular weight excluding hydrogens is 389 g/mol. The van der Waals surface area contributed by atoms with Gasteiger partial charge in [-0.05, 0) is 12.1 Å². The first-order valence-electron chi connectivity index (χ1n) is 8.39. The lowest BCUT2D eigenvalue weighted by atomic mass is 9.93. The number of halogens is 2. The third kappa shape index (κ3) is 3.99. The van der Waals surface area contributed by atoms with Crippen LogP contribution in [-0.2, 0) is 11.8 Å². The van der Waals surface area contributed by atoms with Crippen LogP contribution in [0.2, 0.25) is 10.0 Å². The molecule has 27 heavy (non-hydrogen) atoms. The molecule has 0 unspecified atom stereocenters. The van der Waals surface area contributed by atoms with E-state index < -0.39 is 5.91 Å². The van der Waals surface area contributed by atoms with Gasteiger partial charge in [0.2, 0.25) is 5.82 Å². The highest BCUT2D eigenvalue weighted by Gasteiger charge is 2.23. The highest BCUT2D eigenvalue weighted by molar-refractivity contribution is 6.37. The fourth-order valence-corrected chi connectivity index (χ4v) is 2.96. The lowest BCUT2D eigenvalue weighted by molar-refractivity contribution is 0.101. The highest BCUT2D eigenvalue weighted by Crippen LogP contribution is 2.29. The van der Waals surface area contributed by atoms with Gasteiger partial charge in [0.25, 0.3) is 5.91 Å². The van der Waals surface area contributed by atoms with Crippen molar-refractivity contribution in [3.63, 3.8) is 0 Å². The Labute approximate surface area is 166 Å². The molecule has 0 radical (unpaired) electrons. The zero-order valence-electron chi connectivity index (χ0n) is 15.4. The molecule has 1 N–H and O–H groups in total. The first kappa shape index (κ1) is 19.4. The quantitative estimate of drug-likeness (QED) is 0.678. The van der Waals surface area contributed by atoms with Crippen LogP contribution in [0.3, 0.4) is 0 Å². The van der Waals surface area contributed by atoms with Crippen LogP contribution in [-0.4, -0.2) is 25.8 Å². The highest BCUT2D eigenvalue weighted by atomic mass is 35.5. The number of carbonyl (C=O) groups excluding carboxylic acids is 1. The number of rotatable bonds is 4. The van der Waals surface area contributed by atoms with E-state index in [-0.39, 0.29) is 11.2 Å². The van der Waals surface area contributed by atoms with Crippen molar-refractivity contribution in [2.24, 2.45) is 0 Å². The van der Waals surface area contributed by atoms with Crippen LogP contribution >= 0.6 is 23.2 Å². The number of para-hydroxylation sites is 1. The normalized spacial score (nSPS) is 11.6. The summed E-state index contributed by atoms with van der Waals surface area (Å²) in [6.45, 7) is 7.87. The molecule has 7 nitrogen and oxygen atoms in total. The maximum absolute atomic E-state index is 12.6. The number of amides is 1. The number of anilines is 1. The zero-order valence-corrected chi connectivity index (χ0v) is 16.9. The summed E-state index contributed by atoms with van der Waals surface area (Å²) in [5.74, 6) is 1.01. The first-order chi connectivity index (χ1) is 12.7. The van der Waals surface area contributed by atoms with Gasteiger partial charge >= 0.3 is 0 Å². The number of hydrogen-bond acceptors (Lipinski definition) is 5. The molecule has 1 amide bonds. The summed E-state index contributed by atoms with van der Waals surface area (Å²) < 4.78 is 6.76. The topological polar surface area (TPSA) is 85.8 Å². The molecule has 0 aliphatic heterocycles. The molecule has 0 atom stereocenters. The van der Waals surface area contributed by atoms with E-state index in [2.05, 4.69) is 20.6 Å². The summed E-state index contributed by atoms with van der Waals surface area (Å²) in [5, 5.41) is 11.6. The minimum Gasteiger partial charge on any atom is -0.359 e. The van der Waals surface area contributed by atoms with Crippen LogP contribution in [0.15, 0.2) is 28.8 Å². The molecule has 0 saturated carbocycles. The second-order valence-corrected chi connectivity index (χ2v) is 7.78. The Hall–Kier alpha value is -2.38. The Bertz CT molecular complexity index is 968. The van der Waals surface area contributed by atoms with Gasteiger partial charge in [-0.1, -0.05) is 62.1 Å². The van der Waals surface area contributed by atoms with E-state index in [1.54, 1.807) is 24.3 Å². The van der Waals surface area contributed by atoms with Crippen molar-refractivity contribution in [1.82, 2.24) is 19.9 Å². The van der Waals surface area contributed by atoms with Gasteiger partial charge in [-0.25, -0.2) is 9.67 Å². The van der Waals surface area contributed by atoms with Crippen LogP contribution in [0.1, 0.15) is 49.9 Å². The second-order valence-electron chi connectivity index (χ2n) is 6.97. The van der Waals surface area contributed by atoms with E-state index in [0.717, 1.165) is 0 Å². The Kier molecular flexibility index (Phi) is 5.26. The van der Waals surface area contributed by atoms with E-state index in [4.69, 9.17) is 27.7 Å². The van der Waals surface area contributed by atoms with Crippen LogP contribution in [0, 0.1) is 0 Å². The zero-order chi connectivity index (χ0) is 19.8. The van der Waals surface area contributed by atoms with Gasteiger partial charge in [-0.2, -0.15) is 0 Å². The third-order valence-electron chi connectivity index (χ3n) is 3.83. The Morgan fingerprint density at radius 2 is 1.93 bits per heavy atom. The van der Waals surface area contributed by atoms with Gasteiger partial charge < -0.3 is 9.84 Å². The van der Waals surface area contributed by atoms with Crippen molar-refractivity contribution < 1.29 is 9.32 Å². The van der Waals surface area contributed by atoms with Gasteiger partial charge in [-0.3, -0.25) is 4.79 Å². The largest absolute Gasteiger partial charge is 0.359 e. The maximum atomic E-state index is 12.6. The summed E-state index contributed by atoms with van der Waals surface area (Å²) in [6, 6.07) is 6.82. The number of aryl methyl sites for hydroxylation is 1. The molecule has 3 aromatic rings. The van der Waals surface area contributed by atoms with E-state index in [1.165, 1.54) is 4.68 Å². The Morgan fingerprint density at radius 1 is 1.26 bits per heavy atom. The van der Waals surface area contributed by atoms with Crippen molar-refractivity contribution in [1.29, 1.82) is 0 Å². The van der Waals surface area contributed by atoms with E-state index in [0.29, 0.717) is 39.6 Å². The molecule has 2 aromatic heterocycles. The van der Waals surface area contributed by atoms with Gasteiger partial charge in [0.05, 0.1) is 10.0 Å². The molecule has 2 heterocycles. The SMILES string of the molecule is CCc1nc(C(=O)Nc2cc(C(C)(C)C)on2)nn1-c1c(Cl)cccc1Cl. The minimum atomic E-state index is -0.500. The number of hydrogen-bond donors (Lipinski definition) is 1. The van der Waals surface area contributed by atoms with Gasteiger partial charge in [0.1, 0.15) is 17.3 Å². The fraction of sp³-hybridized carbons (Fsp3) is 0.333. The monoisotopic (exact) mass is 407 g/mol. The van der Waals surface area contributed by atoms with E-state index in [9.17, 15) is 4.79 Å². The number of nitrogens with one attached hydrogen (secondary N) is 1. The smallest absolute Gasteiger partial charge is 0.296 e. The van der Waals surface area contributed by atoms with Crippen molar-refractivity contribution in [2.45, 2.75) is 39.5 Å². The summed E-state index contributed by atoms with van der Waals surface area (Å²) in [4.78, 5) is 16.9. The van der Waals surface area contributed by atoms with E-state index in [1.807, 2.05) is 27.7 Å². The molecule has 9 heteroatoms. The molecule has 0 aliphatic rings. The average Bonchev–Trinajstić information content (AvgIpc) is 3.21. The summed E-state index contributed by atoms with van der Waals surface area (Å²) >= 11 is 12.5. The molecule has 142 valence electrons. The van der Waals surface area contributed by atoms with Crippen LogP contribution in [0.4, 0.5) is 5.82 Å². The van der Waals surface area contributed by atoms with Crippen molar-refractivity contribution >= 4 is 34.9 Å². The molecular formula is C18H19Cl2N5O2. The van der Waals surface area contributed by atoms with Crippen molar-refractivity contribution in [3.8, 4) is 5.69 Å².